The molecule has 1 nitrogen and oxygen atoms in total. The average molecular weight is 306 g/mol. The zero-order valence-corrected chi connectivity index (χ0v) is 12.1. The van der Waals surface area contributed by atoms with Crippen LogP contribution in [0.4, 0.5) is 0 Å². The molecule has 4 heteroatoms. The molecule has 3 aromatic rings. The maximum Gasteiger partial charge on any atom is 0.117 e. The molecule has 0 aliphatic carbocycles. The summed E-state index contributed by atoms with van der Waals surface area (Å²) >= 11 is 13.8. The van der Waals surface area contributed by atoms with Crippen LogP contribution in [0.25, 0.3) is 22.4 Å². The zero-order chi connectivity index (χ0) is 13.2. The summed E-state index contributed by atoms with van der Waals surface area (Å²) in [5.74, 6) is 0. The van der Waals surface area contributed by atoms with Crippen LogP contribution in [0.3, 0.4) is 0 Å². The molecule has 94 valence electrons. The largest absolute Gasteiger partial charge is 0.237 e. The Morgan fingerprint density at radius 1 is 0.947 bits per heavy atom. The number of benzene rings is 2. The van der Waals surface area contributed by atoms with Crippen molar-refractivity contribution in [1.29, 1.82) is 0 Å². The second-order valence-corrected chi connectivity index (χ2v) is 5.84. The summed E-state index contributed by atoms with van der Waals surface area (Å²) in [5.41, 5.74) is 1.91. The second kappa shape index (κ2) is 5.33. The first-order chi connectivity index (χ1) is 9.24. The van der Waals surface area contributed by atoms with E-state index in [1.807, 2.05) is 42.5 Å². The van der Waals surface area contributed by atoms with Crippen LogP contribution in [-0.4, -0.2) is 4.98 Å². The quantitative estimate of drug-likeness (QED) is 0.585. The molecule has 0 bridgehead atoms. The van der Waals surface area contributed by atoms with Crippen LogP contribution in [0.5, 0.6) is 0 Å². The Bertz CT molecular complexity index is 729. The molecule has 0 atom stereocenters. The lowest BCUT2D eigenvalue weighted by Crippen LogP contribution is -1.76. The molecule has 0 fully saturated rings. The van der Waals surface area contributed by atoms with Gasteiger partial charge in [-0.2, -0.15) is 0 Å². The number of hydrogen-bond donors (Lipinski definition) is 0. The third-order valence-corrected chi connectivity index (χ3v) is 4.53. The van der Waals surface area contributed by atoms with Crippen LogP contribution in [0.15, 0.2) is 42.5 Å². The molecule has 0 aliphatic heterocycles. The fraction of sp³-hybridized carbons (Fsp3) is 0. The lowest BCUT2D eigenvalue weighted by molar-refractivity contribution is 1.46. The number of aromatic nitrogens is 1. The summed E-state index contributed by atoms with van der Waals surface area (Å²) in [5, 5.41) is 2.09. The molecule has 0 aliphatic rings. The summed E-state index contributed by atoms with van der Waals surface area (Å²) in [6.45, 7) is 0. The van der Waals surface area contributed by atoms with Gasteiger partial charge in [-0.05, 0) is 29.8 Å². The van der Waals surface area contributed by atoms with E-state index in [1.165, 1.54) is 4.70 Å². The van der Waals surface area contributed by atoms with E-state index in [1.54, 1.807) is 17.4 Å². The maximum absolute atomic E-state index is 6.14. The number of hydrogen-bond acceptors (Lipinski definition) is 2. The monoisotopic (exact) mass is 305 g/mol. The summed E-state index contributed by atoms with van der Waals surface area (Å²) < 4.78 is 1.18. The van der Waals surface area contributed by atoms with E-state index >= 15 is 0 Å². The average Bonchev–Trinajstić information content (AvgIpc) is 2.83. The van der Waals surface area contributed by atoms with Gasteiger partial charge >= 0.3 is 0 Å². The van der Waals surface area contributed by atoms with Crippen molar-refractivity contribution >= 4 is 56.9 Å². The molecule has 0 unspecified atom stereocenters. The summed E-state index contributed by atoms with van der Waals surface area (Å²) in [6.07, 6.45) is 3.90. The lowest BCUT2D eigenvalue weighted by atomic mass is 10.2. The van der Waals surface area contributed by atoms with Gasteiger partial charge in [-0.15, -0.1) is 11.3 Å². The summed E-state index contributed by atoms with van der Waals surface area (Å²) in [6, 6.07) is 13.7. The van der Waals surface area contributed by atoms with Crippen molar-refractivity contribution in [3.05, 3.63) is 63.1 Å². The molecular formula is C15H9Cl2NS. The minimum Gasteiger partial charge on any atom is -0.237 e. The Morgan fingerprint density at radius 2 is 1.79 bits per heavy atom. The predicted octanol–water partition coefficient (Wildman–Crippen LogP) is 5.77. The van der Waals surface area contributed by atoms with Crippen LogP contribution >= 0.6 is 34.5 Å². The fourth-order valence-corrected chi connectivity index (χ4v) is 3.01. The molecular weight excluding hydrogens is 297 g/mol. The third kappa shape index (κ3) is 2.66. The lowest BCUT2D eigenvalue weighted by Gasteiger charge is -1.98. The molecule has 3 rings (SSSR count). The van der Waals surface area contributed by atoms with Gasteiger partial charge in [0.15, 0.2) is 0 Å². The molecule has 1 aromatic heterocycles. The Hall–Kier alpha value is -1.35. The number of halogens is 2. The molecule has 0 spiro atoms. The van der Waals surface area contributed by atoms with Gasteiger partial charge in [0.1, 0.15) is 5.01 Å². The molecule has 0 saturated carbocycles. The van der Waals surface area contributed by atoms with Gasteiger partial charge in [-0.25, -0.2) is 4.98 Å². The van der Waals surface area contributed by atoms with Crippen LogP contribution < -0.4 is 0 Å². The number of para-hydroxylation sites is 1. The number of fused-ring (bicyclic) bond motifs is 1. The molecule has 0 N–H and O–H groups in total. The highest BCUT2D eigenvalue weighted by Gasteiger charge is 2.02. The van der Waals surface area contributed by atoms with E-state index < -0.39 is 0 Å². The van der Waals surface area contributed by atoms with Gasteiger partial charge in [0.25, 0.3) is 0 Å². The van der Waals surface area contributed by atoms with E-state index in [2.05, 4.69) is 11.1 Å². The highest BCUT2D eigenvalue weighted by molar-refractivity contribution is 7.19. The molecule has 0 amide bonds. The van der Waals surface area contributed by atoms with E-state index in [4.69, 9.17) is 23.2 Å². The Labute approximate surface area is 125 Å². The van der Waals surface area contributed by atoms with E-state index in [0.29, 0.717) is 10.0 Å². The Morgan fingerprint density at radius 3 is 2.63 bits per heavy atom. The SMILES string of the molecule is Clc1cccc(/C=C/c2nc3ccccc3s2)c1Cl. The van der Waals surface area contributed by atoms with E-state index in [0.717, 1.165) is 16.1 Å². The minimum atomic E-state index is 0.563. The number of thiazole rings is 1. The highest BCUT2D eigenvalue weighted by atomic mass is 35.5. The first kappa shape index (κ1) is 12.7. The highest BCUT2D eigenvalue weighted by Crippen LogP contribution is 2.28. The van der Waals surface area contributed by atoms with Crippen LogP contribution in [-0.2, 0) is 0 Å². The van der Waals surface area contributed by atoms with Crippen molar-refractivity contribution in [2.45, 2.75) is 0 Å². The standard InChI is InChI=1S/C15H9Cl2NS/c16-11-5-3-4-10(15(11)17)8-9-14-18-12-6-1-2-7-13(12)19-14/h1-9H/b9-8+. The van der Waals surface area contributed by atoms with Crippen molar-refractivity contribution in [2.75, 3.05) is 0 Å². The van der Waals surface area contributed by atoms with Crippen molar-refractivity contribution in [3.8, 4) is 0 Å². The van der Waals surface area contributed by atoms with Gasteiger partial charge in [-0.1, -0.05) is 53.5 Å². The van der Waals surface area contributed by atoms with Crippen molar-refractivity contribution in [2.24, 2.45) is 0 Å². The van der Waals surface area contributed by atoms with E-state index in [-0.39, 0.29) is 0 Å². The molecule has 2 aromatic carbocycles. The van der Waals surface area contributed by atoms with Crippen LogP contribution in [0, 0.1) is 0 Å². The number of rotatable bonds is 2. The zero-order valence-electron chi connectivity index (χ0n) is 9.81. The summed E-state index contributed by atoms with van der Waals surface area (Å²) in [4.78, 5) is 4.54. The van der Waals surface area contributed by atoms with Crippen LogP contribution in [0.2, 0.25) is 10.0 Å². The van der Waals surface area contributed by atoms with E-state index in [9.17, 15) is 0 Å². The smallest absolute Gasteiger partial charge is 0.117 e. The predicted molar refractivity (Wildman–Crippen MR) is 85.0 cm³/mol. The number of nitrogens with zero attached hydrogens (tertiary/aromatic N) is 1. The topological polar surface area (TPSA) is 12.9 Å². The third-order valence-electron chi connectivity index (χ3n) is 2.70. The molecule has 0 radical (unpaired) electrons. The van der Waals surface area contributed by atoms with Gasteiger partial charge in [0, 0.05) is 0 Å². The Kier molecular flexibility index (Phi) is 3.56. The Balaban J connectivity index is 1.96. The van der Waals surface area contributed by atoms with Gasteiger partial charge in [0.2, 0.25) is 0 Å². The first-order valence-corrected chi connectivity index (χ1v) is 7.29. The van der Waals surface area contributed by atoms with Crippen molar-refractivity contribution < 1.29 is 0 Å². The molecule has 1 heterocycles. The fourth-order valence-electron chi connectivity index (χ4n) is 1.77. The maximum atomic E-state index is 6.14. The second-order valence-electron chi connectivity index (χ2n) is 4.00. The van der Waals surface area contributed by atoms with Crippen molar-refractivity contribution in [1.82, 2.24) is 4.98 Å². The van der Waals surface area contributed by atoms with Crippen LogP contribution in [0.1, 0.15) is 10.6 Å². The van der Waals surface area contributed by atoms with Gasteiger partial charge in [0.05, 0.1) is 20.3 Å². The minimum absolute atomic E-state index is 0.563. The molecule has 19 heavy (non-hydrogen) atoms. The van der Waals surface area contributed by atoms with Gasteiger partial charge < -0.3 is 0 Å². The van der Waals surface area contributed by atoms with Crippen molar-refractivity contribution in [3.63, 3.8) is 0 Å². The van der Waals surface area contributed by atoms with Gasteiger partial charge in [-0.3, -0.25) is 0 Å². The normalized spacial score (nSPS) is 11.5. The summed E-state index contributed by atoms with van der Waals surface area (Å²) in [7, 11) is 0. The first-order valence-electron chi connectivity index (χ1n) is 5.72. The molecule has 0 saturated heterocycles.